The van der Waals surface area contributed by atoms with Gasteiger partial charge in [0, 0.05) is 19.3 Å². The molecule has 0 heterocycles. The number of benzene rings is 3. The maximum Gasteiger partial charge on any atom is 0.339 e. The van der Waals surface area contributed by atoms with Gasteiger partial charge in [-0.05, 0) is 42.0 Å². The first-order chi connectivity index (χ1) is 15.0. The van der Waals surface area contributed by atoms with Crippen LogP contribution in [0.1, 0.15) is 26.3 Å². The van der Waals surface area contributed by atoms with Gasteiger partial charge in [0.15, 0.2) is 6.61 Å². The summed E-state index contributed by atoms with van der Waals surface area (Å²) in [5.41, 5.74) is 1.63. The fraction of sp³-hybridized carbons (Fsp3) is 0.125. The molecule has 0 radical (unpaired) electrons. The molecule has 3 aromatic carbocycles. The highest BCUT2D eigenvalue weighted by molar-refractivity contribution is 6.12. The number of nitrogens with zero attached hydrogens (tertiary/aromatic N) is 1. The molecule has 0 spiro atoms. The molecule has 0 saturated heterocycles. The van der Waals surface area contributed by atoms with Crippen molar-refractivity contribution in [3.8, 4) is 0 Å². The highest BCUT2D eigenvalue weighted by Gasteiger charge is 2.22. The predicted molar refractivity (Wildman–Crippen MR) is 114 cm³/mol. The van der Waals surface area contributed by atoms with Crippen molar-refractivity contribution in [2.45, 2.75) is 6.54 Å². The van der Waals surface area contributed by atoms with Crippen LogP contribution in [0.15, 0.2) is 78.9 Å². The number of hydrogen-bond acceptors (Lipinski definition) is 4. The van der Waals surface area contributed by atoms with E-state index in [4.69, 9.17) is 4.74 Å². The second-order valence-corrected chi connectivity index (χ2v) is 6.72. The highest BCUT2D eigenvalue weighted by atomic mass is 19.1. The fourth-order valence-corrected chi connectivity index (χ4v) is 2.86. The van der Waals surface area contributed by atoms with Crippen LogP contribution in [0.4, 0.5) is 10.1 Å². The van der Waals surface area contributed by atoms with E-state index in [1.807, 2.05) is 18.2 Å². The molecule has 3 aromatic rings. The third-order valence-corrected chi connectivity index (χ3v) is 4.56. The van der Waals surface area contributed by atoms with Crippen LogP contribution in [0, 0.1) is 5.82 Å². The molecule has 0 aliphatic rings. The molecule has 0 saturated carbocycles. The highest BCUT2D eigenvalue weighted by Crippen LogP contribution is 2.18. The van der Waals surface area contributed by atoms with E-state index in [0.29, 0.717) is 11.3 Å². The Morgan fingerprint density at radius 3 is 2.16 bits per heavy atom. The Morgan fingerprint density at radius 2 is 1.48 bits per heavy atom. The van der Waals surface area contributed by atoms with Gasteiger partial charge in [0.1, 0.15) is 5.82 Å². The van der Waals surface area contributed by atoms with Crippen LogP contribution in [0.3, 0.4) is 0 Å². The first kappa shape index (κ1) is 21.7. The molecule has 0 aliphatic heterocycles. The van der Waals surface area contributed by atoms with Crippen molar-refractivity contribution in [1.29, 1.82) is 0 Å². The molecule has 0 bridgehead atoms. The Balaban J connectivity index is 1.61. The number of rotatable bonds is 7. The van der Waals surface area contributed by atoms with Gasteiger partial charge in [-0.2, -0.15) is 0 Å². The topological polar surface area (TPSA) is 75.7 Å². The summed E-state index contributed by atoms with van der Waals surface area (Å²) >= 11 is 0. The lowest BCUT2D eigenvalue weighted by atomic mass is 10.1. The summed E-state index contributed by atoms with van der Waals surface area (Å²) in [5, 5.41) is 2.59. The van der Waals surface area contributed by atoms with E-state index >= 15 is 0 Å². The minimum atomic E-state index is -0.776. The third-order valence-electron chi connectivity index (χ3n) is 4.56. The van der Waals surface area contributed by atoms with Crippen LogP contribution < -0.4 is 10.2 Å². The summed E-state index contributed by atoms with van der Waals surface area (Å²) in [6.07, 6.45) is 0. The SMILES string of the molecule is CN(C(=O)c1ccccc1C(=O)OCC(=O)NCc1ccc(F)cc1)c1ccccc1. The first-order valence-electron chi connectivity index (χ1n) is 9.56. The lowest BCUT2D eigenvalue weighted by Gasteiger charge is -2.18. The number of amides is 2. The minimum absolute atomic E-state index is 0.0709. The lowest BCUT2D eigenvalue weighted by molar-refractivity contribution is -0.124. The van der Waals surface area contributed by atoms with Crippen LogP contribution in [0.5, 0.6) is 0 Å². The van der Waals surface area contributed by atoms with Crippen molar-refractivity contribution >= 4 is 23.5 Å². The van der Waals surface area contributed by atoms with Gasteiger partial charge in [-0.1, -0.05) is 42.5 Å². The van der Waals surface area contributed by atoms with Crippen LogP contribution >= 0.6 is 0 Å². The van der Waals surface area contributed by atoms with Gasteiger partial charge in [0.2, 0.25) is 0 Å². The van der Waals surface area contributed by atoms with E-state index in [-0.39, 0.29) is 29.4 Å². The number of para-hydroxylation sites is 1. The van der Waals surface area contributed by atoms with E-state index in [0.717, 1.165) is 0 Å². The van der Waals surface area contributed by atoms with Crippen molar-refractivity contribution in [3.63, 3.8) is 0 Å². The monoisotopic (exact) mass is 420 g/mol. The Kier molecular flexibility index (Phi) is 7.11. The lowest BCUT2D eigenvalue weighted by Crippen LogP contribution is -2.30. The molecule has 0 aliphatic carbocycles. The van der Waals surface area contributed by atoms with E-state index in [1.54, 1.807) is 43.4 Å². The fourth-order valence-electron chi connectivity index (χ4n) is 2.86. The molecule has 0 atom stereocenters. The molecule has 7 heteroatoms. The number of carbonyl (C=O) groups is 3. The van der Waals surface area contributed by atoms with E-state index in [1.165, 1.54) is 29.2 Å². The summed E-state index contributed by atoms with van der Waals surface area (Å²) in [7, 11) is 1.61. The van der Waals surface area contributed by atoms with Gasteiger partial charge in [0.05, 0.1) is 11.1 Å². The molecule has 3 rings (SSSR count). The number of esters is 1. The molecule has 2 amide bonds. The van der Waals surface area contributed by atoms with Crippen LogP contribution in [0.2, 0.25) is 0 Å². The smallest absolute Gasteiger partial charge is 0.339 e. The van der Waals surface area contributed by atoms with E-state index < -0.39 is 18.5 Å². The number of nitrogens with one attached hydrogen (secondary N) is 1. The Hall–Kier alpha value is -4.00. The van der Waals surface area contributed by atoms with Gasteiger partial charge in [0.25, 0.3) is 11.8 Å². The molecule has 0 aromatic heterocycles. The van der Waals surface area contributed by atoms with Crippen LogP contribution in [-0.4, -0.2) is 31.4 Å². The second kappa shape index (κ2) is 10.2. The number of carbonyl (C=O) groups excluding carboxylic acids is 3. The quantitative estimate of drug-likeness (QED) is 0.593. The molecule has 158 valence electrons. The normalized spacial score (nSPS) is 10.3. The van der Waals surface area contributed by atoms with Gasteiger partial charge in [-0.3, -0.25) is 9.59 Å². The third kappa shape index (κ3) is 5.76. The zero-order valence-electron chi connectivity index (χ0n) is 16.9. The summed E-state index contributed by atoms with van der Waals surface area (Å²) in [4.78, 5) is 38.9. The van der Waals surface area contributed by atoms with Crippen molar-refractivity contribution in [2.24, 2.45) is 0 Å². The summed E-state index contributed by atoms with van der Waals surface area (Å²) in [6.45, 7) is -0.329. The zero-order chi connectivity index (χ0) is 22.2. The Morgan fingerprint density at radius 1 is 0.871 bits per heavy atom. The zero-order valence-corrected chi connectivity index (χ0v) is 16.9. The molecular formula is C24H21FN2O4. The molecule has 6 nitrogen and oxygen atoms in total. The van der Waals surface area contributed by atoms with Crippen LogP contribution in [-0.2, 0) is 16.1 Å². The van der Waals surface area contributed by atoms with E-state index in [2.05, 4.69) is 5.32 Å². The summed E-state index contributed by atoms with van der Waals surface area (Å²) in [5.74, 6) is -2.03. The number of ether oxygens (including phenoxy) is 1. The minimum Gasteiger partial charge on any atom is -0.452 e. The number of halogens is 1. The van der Waals surface area contributed by atoms with Crippen molar-refractivity contribution < 1.29 is 23.5 Å². The van der Waals surface area contributed by atoms with Gasteiger partial charge in [-0.15, -0.1) is 0 Å². The summed E-state index contributed by atoms with van der Waals surface area (Å²) < 4.78 is 18.0. The number of hydrogen-bond donors (Lipinski definition) is 1. The Bertz CT molecular complexity index is 1070. The first-order valence-corrected chi connectivity index (χ1v) is 9.56. The van der Waals surface area contributed by atoms with Crippen molar-refractivity contribution in [1.82, 2.24) is 5.32 Å². The van der Waals surface area contributed by atoms with Crippen LogP contribution in [0.25, 0.3) is 0 Å². The average molecular weight is 420 g/mol. The largest absolute Gasteiger partial charge is 0.452 e. The standard InChI is InChI=1S/C24H21FN2O4/c1-27(19-7-3-2-4-8-19)23(29)20-9-5-6-10-21(20)24(30)31-16-22(28)26-15-17-11-13-18(25)14-12-17/h2-14H,15-16H2,1H3,(H,26,28). The molecule has 31 heavy (non-hydrogen) atoms. The molecule has 0 unspecified atom stereocenters. The van der Waals surface area contributed by atoms with E-state index in [9.17, 15) is 18.8 Å². The predicted octanol–water partition coefficient (Wildman–Crippen LogP) is 3.58. The molecular weight excluding hydrogens is 399 g/mol. The molecule has 1 N–H and O–H groups in total. The summed E-state index contributed by atoms with van der Waals surface area (Å²) in [6, 6.07) is 21.0. The molecule has 0 fully saturated rings. The van der Waals surface area contributed by atoms with Gasteiger partial charge in [-0.25, -0.2) is 9.18 Å². The Labute approximate surface area is 179 Å². The van der Waals surface area contributed by atoms with Gasteiger partial charge < -0.3 is 15.0 Å². The number of anilines is 1. The second-order valence-electron chi connectivity index (χ2n) is 6.72. The van der Waals surface area contributed by atoms with Crippen molar-refractivity contribution in [3.05, 3.63) is 101 Å². The van der Waals surface area contributed by atoms with Crippen molar-refractivity contribution in [2.75, 3.05) is 18.6 Å². The maximum atomic E-state index is 12.9. The average Bonchev–Trinajstić information content (AvgIpc) is 2.81. The maximum absolute atomic E-state index is 12.9. The van der Waals surface area contributed by atoms with Gasteiger partial charge >= 0.3 is 5.97 Å².